The highest BCUT2D eigenvalue weighted by atomic mass is 32.2. The van der Waals surface area contributed by atoms with E-state index in [1.807, 2.05) is 0 Å². The van der Waals surface area contributed by atoms with Crippen molar-refractivity contribution in [2.24, 2.45) is 10.1 Å². The van der Waals surface area contributed by atoms with Crippen molar-refractivity contribution in [2.75, 3.05) is 11.5 Å². The molecule has 3 aliphatic heterocycles. The number of carbonyl (C=O) groups excluding carboxylic acids is 2. The fourth-order valence-electron chi connectivity index (χ4n) is 3.61. The number of anilines is 1. The Hall–Kier alpha value is -2.86. The molecule has 1 aromatic rings. The van der Waals surface area contributed by atoms with Gasteiger partial charge in [-0.15, -0.1) is 11.8 Å². The lowest BCUT2D eigenvalue weighted by molar-refractivity contribution is -0.155. The molecule has 18 heteroatoms. The van der Waals surface area contributed by atoms with Gasteiger partial charge >= 0.3 is 12.1 Å². The molecule has 0 aliphatic carbocycles. The summed E-state index contributed by atoms with van der Waals surface area (Å²) in [5, 5.41) is 22.3. The van der Waals surface area contributed by atoms with Gasteiger partial charge in [-0.1, -0.05) is 16.9 Å². The number of aliphatic carboxylic acids is 1. The third-order valence-electron chi connectivity index (χ3n) is 4.99. The number of oxime groups is 1. The fourth-order valence-corrected chi connectivity index (χ4v) is 6.35. The average molecular weight is 538 g/mol. The molecule has 0 saturated carbocycles. The maximum atomic E-state index is 12.8. The molecule has 1 saturated heterocycles. The number of hydrogen-bond donors (Lipinski definition) is 4. The van der Waals surface area contributed by atoms with Gasteiger partial charge in [-0.2, -0.15) is 22.5 Å². The number of aromatic nitrogens is 2. The second kappa shape index (κ2) is 9.06. The van der Waals surface area contributed by atoms with Crippen molar-refractivity contribution in [3.63, 3.8) is 0 Å². The molecule has 1 aromatic heterocycles. The summed E-state index contributed by atoms with van der Waals surface area (Å²) in [6.07, 6.45) is -4.16. The van der Waals surface area contributed by atoms with E-state index < -0.39 is 52.2 Å². The lowest BCUT2D eigenvalue weighted by Crippen LogP contribution is -2.72. The lowest BCUT2D eigenvalue weighted by atomic mass is 9.86. The minimum atomic E-state index is -4.57. The molecule has 182 valence electrons. The van der Waals surface area contributed by atoms with E-state index >= 15 is 0 Å². The molecule has 0 spiro atoms. The summed E-state index contributed by atoms with van der Waals surface area (Å²) in [6, 6.07) is -1.80. The number of rotatable bonds is 6. The SMILES string of the molecule is Nc1nc(/C(=N/O)C(=O)NC2C(=O)N3C(C(=O)O)=C(SC4CSC(C(F)(F)F)=N4)CCC23)ns1. The summed E-state index contributed by atoms with van der Waals surface area (Å²) in [6.45, 7) is 0. The van der Waals surface area contributed by atoms with Crippen LogP contribution in [0.15, 0.2) is 20.8 Å². The van der Waals surface area contributed by atoms with Crippen molar-refractivity contribution in [1.29, 1.82) is 0 Å². The van der Waals surface area contributed by atoms with Crippen LogP contribution in [0.3, 0.4) is 0 Å². The number of thioether (sulfide) groups is 2. The summed E-state index contributed by atoms with van der Waals surface area (Å²) in [7, 11) is 0. The average Bonchev–Trinajstić information content (AvgIpc) is 3.41. The van der Waals surface area contributed by atoms with Crippen LogP contribution < -0.4 is 11.1 Å². The molecule has 3 aliphatic rings. The van der Waals surface area contributed by atoms with Crippen molar-refractivity contribution in [1.82, 2.24) is 19.6 Å². The summed E-state index contributed by atoms with van der Waals surface area (Å²) in [5.74, 6) is -3.33. The van der Waals surface area contributed by atoms with Gasteiger partial charge in [0.15, 0.2) is 10.2 Å². The van der Waals surface area contributed by atoms with Gasteiger partial charge in [0.1, 0.15) is 17.1 Å². The third kappa shape index (κ3) is 4.43. The number of nitrogen functional groups attached to an aromatic ring is 1. The number of aliphatic imine (C=N–C) groups is 1. The molecule has 0 aromatic carbocycles. The number of carboxylic acids is 1. The molecule has 0 bridgehead atoms. The number of allylic oxidation sites excluding steroid dienone is 1. The topological polar surface area (TPSA) is 183 Å². The van der Waals surface area contributed by atoms with Gasteiger partial charge in [-0.05, 0) is 12.8 Å². The summed E-state index contributed by atoms with van der Waals surface area (Å²) in [4.78, 5) is 45.7. The standard InChI is InChI=1S/C16H14F3N7O5S3/c17-16(18,19)14-21-6(3-32-14)33-5-2-1-4-7(12(28)26(4)9(5)13(29)30)22-11(27)8(24-31)10-23-15(20)34-25-10/h4,6-7,31H,1-3H2,(H,22,27)(H,29,30)(H2,20,23,25)/b24-8-. The first-order valence-corrected chi connectivity index (χ1v) is 12.0. The maximum absolute atomic E-state index is 12.8. The second-order valence-electron chi connectivity index (χ2n) is 7.06. The van der Waals surface area contributed by atoms with Crippen molar-refractivity contribution >= 4 is 68.7 Å². The molecule has 0 radical (unpaired) electrons. The van der Waals surface area contributed by atoms with Gasteiger partial charge in [0.05, 0.1) is 6.04 Å². The zero-order valence-corrected chi connectivity index (χ0v) is 19.1. The van der Waals surface area contributed by atoms with E-state index in [4.69, 9.17) is 10.9 Å². The molecule has 4 heterocycles. The Kier molecular flexibility index (Phi) is 6.47. The molecule has 12 nitrogen and oxygen atoms in total. The second-order valence-corrected chi connectivity index (χ2v) is 10.1. The number of amides is 2. The van der Waals surface area contributed by atoms with Crippen LogP contribution in [-0.2, 0) is 14.4 Å². The molecular formula is C16H14F3N7O5S3. The van der Waals surface area contributed by atoms with Crippen LogP contribution in [0.4, 0.5) is 18.3 Å². The molecular weight excluding hydrogens is 523 g/mol. The van der Waals surface area contributed by atoms with Crippen molar-refractivity contribution in [3.05, 3.63) is 16.4 Å². The Morgan fingerprint density at radius 1 is 1.35 bits per heavy atom. The van der Waals surface area contributed by atoms with E-state index in [1.54, 1.807) is 0 Å². The number of carbonyl (C=O) groups is 3. The Morgan fingerprint density at radius 2 is 2.09 bits per heavy atom. The van der Waals surface area contributed by atoms with Crippen LogP contribution in [0.25, 0.3) is 0 Å². The first-order chi connectivity index (χ1) is 16.0. The Morgan fingerprint density at radius 3 is 2.65 bits per heavy atom. The number of β-lactam (4-membered cyclic amide) rings is 1. The molecule has 1 fully saturated rings. The fraction of sp³-hybridized carbons (Fsp3) is 0.438. The maximum Gasteiger partial charge on any atom is 0.439 e. The smallest absolute Gasteiger partial charge is 0.439 e. The summed E-state index contributed by atoms with van der Waals surface area (Å²) in [5.41, 5.74) is 4.53. The summed E-state index contributed by atoms with van der Waals surface area (Å²) >= 11 is 2.18. The Balaban J connectivity index is 1.49. The number of alkyl halides is 3. The number of hydrogen-bond acceptors (Lipinski definition) is 12. The summed E-state index contributed by atoms with van der Waals surface area (Å²) < 4.78 is 42.3. The number of fused-ring (bicyclic) bond motifs is 1. The van der Waals surface area contributed by atoms with Gasteiger partial charge in [-0.25, -0.2) is 4.79 Å². The minimum absolute atomic E-state index is 0.0183. The predicted molar refractivity (Wildman–Crippen MR) is 116 cm³/mol. The van der Waals surface area contributed by atoms with E-state index in [0.717, 1.165) is 28.2 Å². The highest BCUT2D eigenvalue weighted by molar-refractivity contribution is 8.15. The normalized spacial score (nSPS) is 25.1. The number of carboxylic acid groups (broad SMARTS) is 1. The van der Waals surface area contributed by atoms with E-state index in [-0.39, 0.29) is 40.2 Å². The number of halogens is 3. The highest BCUT2D eigenvalue weighted by Gasteiger charge is 2.54. The largest absolute Gasteiger partial charge is 0.477 e. The highest BCUT2D eigenvalue weighted by Crippen LogP contribution is 2.44. The van der Waals surface area contributed by atoms with E-state index in [9.17, 15) is 32.7 Å². The van der Waals surface area contributed by atoms with Gasteiger partial charge < -0.3 is 21.4 Å². The lowest BCUT2D eigenvalue weighted by Gasteiger charge is -2.50. The first-order valence-electron chi connectivity index (χ1n) is 9.37. The van der Waals surface area contributed by atoms with Crippen LogP contribution >= 0.6 is 35.1 Å². The molecule has 3 unspecified atom stereocenters. The third-order valence-corrected chi connectivity index (χ3v) is 8.07. The van der Waals surface area contributed by atoms with Crippen LogP contribution in [0.2, 0.25) is 0 Å². The molecule has 3 atom stereocenters. The van der Waals surface area contributed by atoms with E-state index in [1.165, 1.54) is 0 Å². The zero-order valence-electron chi connectivity index (χ0n) is 16.6. The molecule has 4 rings (SSSR count). The van der Waals surface area contributed by atoms with Crippen LogP contribution in [0.5, 0.6) is 0 Å². The van der Waals surface area contributed by atoms with Gasteiger partial charge in [0.25, 0.3) is 11.8 Å². The van der Waals surface area contributed by atoms with Gasteiger partial charge in [-0.3, -0.25) is 19.5 Å². The van der Waals surface area contributed by atoms with Gasteiger partial charge in [0.2, 0.25) is 11.5 Å². The monoisotopic (exact) mass is 537 g/mol. The zero-order chi connectivity index (χ0) is 24.8. The van der Waals surface area contributed by atoms with E-state index in [2.05, 4.69) is 24.8 Å². The van der Waals surface area contributed by atoms with Crippen LogP contribution in [0, 0.1) is 0 Å². The Labute approximate surface area is 200 Å². The van der Waals surface area contributed by atoms with Crippen molar-refractivity contribution in [3.8, 4) is 0 Å². The van der Waals surface area contributed by atoms with Gasteiger partial charge in [0, 0.05) is 22.2 Å². The van der Waals surface area contributed by atoms with Crippen molar-refractivity contribution in [2.45, 2.75) is 36.5 Å². The number of nitrogens with two attached hydrogens (primary N) is 1. The molecule has 34 heavy (non-hydrogen) atoms. The predicted octanol–water partition coefficient (Wildman–Crippen LogP) is 0.851. The van der Waals surface area contributed by atoms with Crippen molar-refractivity contribution < 1.29 is 37.9 Å². The van der Waals surface area contributed by atoms with Crippen LogP contribution in [-0.4, -0.2) is 82.5 Å². The van der Waals surface area contributed by atoms with E-state index in [0.29, 0.717) is 11.8 Å². The minimum Gasteiger partial charge on any atom is -0.477 e. The van der Waals surface area contributed by atoms with Crippen LogP contribution in [0.1, 0.15) is 18.7 Å². The first kappa shape index (κ1) is 24.3. The number of nitrogens with zero attached hydrogens (tertiary/aromatic N) is 5. The Bertz CT molecular complexity index is 1150. The molecule has 2 amide bonds. The number of nitrogens with one attached hydrogen (secondary N) is 1. The molecule has 5 N–H and O–H groups in total. The quantitative estimate of drug-likeness (QED) is 0.176.